The molecule has 0 radical (unpaired) electrons. The Bertz CT molecular complexity index is 1330. The first-order valence-corrected chi connectivity index (χ1v) is 14.3. The predicted molar refractivity (Wildman–Crippen MR) is 164 cm³/mol. The van der Waals surface area contributed by atoms with E-state index in [0.29, 0.717) is 35.8 Å². The first-order chi connectivity index (χ1) is 19.3. The normalized spacial score (nSPS) is 13.1. The summed E-state index contributed by atoms with van der Waals surface area (Å²) in [5, 5.41) is 6.21. The highest BCUT2D eigenvalue weighted by Crippen LogP contribution is 2.28. The summed E-state index contributed by atoms with van der Waals surface area (Å²) in [4.78, 5) is 30.2. The monoisotopic (exact) mass is 582 g/mol. The molecule has 0 aliphatic carbocycles. The van der Waals surface area contributed by atoms with Gasteiger partial charge in [0.05, 0.1) is 28.9 Å². The standard InChI is InChI=1S/C31H43ClN6O3/c1-19(2)41-27-12-11-23(16-25(27)32)29(40)36-24(17-35-28(39)20(3)34)15-21-7-9-22(10-8-21)26-18-38(14-13-33)30(37-26)31(4,5)6/h7-12,16,18-20,24H,13-15,17,33-34H2,1-6H3,(H,35,39)(H,36,40)/t20-,24+/m1/s1. The molecule has 0 unspecified atom stereocenters. The van der Waals surface area contributed by atoms with Gasteiger partial charge in [0.1, 0.15) is 11.6 Å². The summed E-state index contributed by atoms with van der Waals surface area (Å²) in [7, 11) is 0. The zero-order chi connectivity index (χ0) is 30.3. The van der Waals surface area contributed by atoms with Gasteiger partial charge in [0, 0.05) is 42.4 Å². The third kappa shape index (κ3) is 9.05. The number of hydrogen-bond acceptors (Lipinski definition) is 6. The van der Waals surface area contributed by atoms with Gasteiger partial charge >= 0.3 is 0 Å². The van der Waals surface area contributed by atoms with Crippen LogP contribution in [0.5, 0.6) is 5.75 Å². The number of hydrogen-bond donors (Lipinski definition) is 4. The predicted octanol–water partition coefficient (Wildman–Crippen LogP) is 4.05. The highest BCUT2D eigenvalue weighted by atomic mass is 35.5. The lowest BCUT2D eigenvalue weighted by Crippen LogP contribution is -2.48. The summed E-state index contributed by atoms with van der Waals surface area (Å²) in [5.74, 6) is 0.903. The van der Waals surface area contributed by atoms with Crippen molar-refractivity contribution in [3.05, 3.63) is 70.6 Å². The first-order valence-electron chi connectivity index (χ1n) is 14.0. The molecule has 0 spiro atoms. The molecule has 0 aliphatic heterocycles. The third-order valence-corrected chi connectivity index (χ3v) is 6.67. The fourth-order valence-electron chi connectivity index (χ4n) is 4.38. The third-order valence-electron chi connectivity index (χ3n) is 6.38. The molecule has 0 saturated heterocycles. The van der Waals surface area contributed by atoms with Crippen molar-refractivity contribution in [3.63, 3.8) is 0 Å². The Kier molecular flexibility index (Phi) is 11.0. The number of nitrogens with one attached hydrogen (secondary N) is 2. The fraction of sp³-hybridized carbons (Fsp3) is 0.452. The van der Waals surface area contributed by atoms with Crippen LogP contribution in [0.2, 0.25) is 5.02 Å². The van der Waals surface area contributed by atoms with Gasteiger partial charge in [-0.15, -0.1) is 0 Å². The van der Waals surface area contributed by atoms with Gasteiger partial charge in [0.15, 0.2) is 0 Å². The lowest BCUT2D eigenvalue weighted by Gasteiger charge is -2.21. The zero-order valence-electron chi connectivity index (χ0n) is 24.8. The minimum atomic E-state index is -0.657. The van der Waals surface area contributed by atoms with Gasteiger partial charge in [-0.25, -0.2) is 4.98 Å². The number of carbonyl (C=O) groups is 2. The molecule has 2 atom stereocenters. The summed E-state index contributed by atoms with van der Waals surface area (Å²) < 4.78 is 7.79. The molecule has 3 aromatic rings. The Hall–Kier alpha value is -3.40. The number of rotatable bonds is 12. The Labute approximate surface area is 248 Å². The number of benzene rings is 2. The largest absolute Gasteiger partial charge is 0.489 e. The van der Waals surface area contributed by atoms with Gasteiger partial charge in [-0.3, -0.25) is 9.59 Å². The second-order valence-corrected chi connectivity index (χ2v) is 12.0. The number of carbonyl (C=O) groups excluding carboxylic acids is 2. The molecule has 222 valence electrons. The molecule has 10 heteroatoms. The molecule has 0 bridgehead atoms. The maximum atomic E-state index is 13.1. The molecule has 3 rings (SSSR count). The van der Waals surface area contributed by atoms with E-state index in [1.54, 1.807) is 25.1 Å². The Morgan fingerprint density at radius 1 is 1.10 bits per heavy atom. The number of aromatic nitrogens is 2. The average molecular weight is 583 g/mol. The summed E-state index contributed by atoms with van der Waals surface area (Å²) in [6.45, 7) is 13.3. The van der Waals surface area contributed by atoms with Crippen LogP contribution in [-0.4, -0.2) is 52.6 Å². The summed E-state index contributed by atoms with van der Waals surface area (Å²) in [6.07, 6.45) is 2.48. The molecule has 6 N–H and O–H groups in total. The first kappa shape index (κ1) is 32.1. The van der Waals surface area contributed by atoms with E-state index in [2.05, 4.69) is 36.0 Å². The molecule has 0 fully saturated rings. The number of imidazole rings is 1. The van der Waals surface area contributed by atoms with Gasteiger partial charge in [-0.1, -0.05) is 56.6 Å². The maximum absolute atomic E-state index is 13.1. The van der Waals surface area contributed by atoms with E-state index in [1.165, 1.54) is 0 Å². The minimum Gasteiger partial charge on any atom is -0.489 e. The van der Waals surface area contributed by atoms with Crippen molar-refractivity contribution in [1.29, 1.82) is 0 Å². The average Bonchev–Trinajstić information content (AvgIpc) is 3.33. The second-order valence-electron chi connectivity index (χ2n) is 11.6. The van der Waals surface area contributed by atoms with Crippen molar-refractivity contribution in [2.24, 2.45) is 11.5 Å². The van der Waals surface area contributed by atoms with Crippen LogP contribution in [0.4, 0.5) is 0 Å². The van der Waals surface area contributed by atoms with Crippen LogP contribution in [0.25, 0.3) is 11.3 Å². The summed E-state index contributed by atoms with van der Waals surface area (Å²) in [5.41, 5.74) is 14.7. The van der Waals surface area contributed by atoms with E-state index in [0.717, 1.165) is 22.6 Å². The van der Waals surface area contributed by atoms with Gasteiger partial charge in [0.25, 0.3) is 5.91 Å². The van der Waals surface area contributed by atoms with Crippen LogP contribution in [0, 0.1) is 0 Å². The van der Waals surface area contributed by atoms with Crippen LogP contribution in [0.15, 0.2) is 48.7 Å². The smallest absolute Gasteiger partial charge is 0.251 e. The molecule has 0 saturated carbocycles. The molecule has 9 nitrogen and oxygen atoms in total. The van der Waals surface area contributed by atoms with Crippen molar-refractivity contribution in [3.8, 4) is 17.0 Å². The molecule has 2 amide bonds. The van der Waals surface area contributed by atoms with Crippen LogP contribution >= 0.6 is 11.6 Å². The molecule has 1 heterocycles. The van der Waals surface area contributed by atoms with Gasteiger partial charge in [-0.2, -0.15) is 0 Å². The van der Waals surface area contributed by atoms with Gasteiger partial charge < -0.3 is 31.4 Å². The minimum absolute atomic E-state index is 0.0429. The van der Waals surface area contributed by atoms with Crippen LogP contribution < -0.4 is 26.8 Å². The lowest BCUT2D eigenvalue weighted by molar-refractivity contribution is -0.122. The van der Waals surface area contributed by atoms with Crippen molar-refractivity contribution in [2.45, 2.75) is 78.1 Å². The van der Waals surface area contributed by atoms with Gasteiger partial charge in [0.2, 0.25) is 5.91 Å². The quantitative estimate of drug-likeness (QED) is 0.254. The van der Waals surface area contributed by atoms with Crippen molar-refractivity contribution in [2.75, 3.05) is 13.1 Å². The molecule has 1 aromatic heterocycles. The molecule has 41 heavy (non-hydrogen) atoms. The number of nitrogens with zero attached hydrogens (tertiary/aromatic N) is 2. The van der Waals surface area contributed by atoms with Crippen molar-refractivity contribution >= 4 is 23.4 Å². The number of amides is 2. The molecular weight excluding hydrogens is 540 g/mol. The van der Waals surface area contributed by atoms with E-state index >= 15 is 0 Å². The molecular formula is C31H43ClN6O3. The Morgan fingerprint density at radius 3 is 2.34 bits per heavy atom. The topological polar surface area (TPSA) is 137 Å². The van der Waals surface area contributed by atoms with Crippen LogP contribution in [0.1, 0.15) is 63.3 Å². The summed E-state index contributed by atoms with van der Waals surface area (Å²) in [6, 6.07) is 11.9. The Balaban J connectivity index is 1.79. The van der Waals surface area contributed by atoms with Gasteiger partial charge in [-0.05, 0) is 51.0 Å². The zero-order valence-corrected chi connectivity index (χ0v) is 25.6. The number of nitrogens with two attached hydrogens (primary N) is 2. The van der Waals surface area contributed by atoms with E-state index in [1.807, 2.05) is 44.3 Å². The molecule has 2 aromatic carbocycles. The van der Waals surface area contributed by atoms with Crippen LogP contribution in [0.3, 0.4) is 0 Å². The fourth-order valence-corrected chi connectivity index (χ4v) is 4.60. The van der Waals surface area contributed by atoms with Crippen LogP contribution in [-0.2, 0) is 23.2 Å². The second kappa shape index (κ2) is 14.0. The molecule has 0 aliphatic rings. The summed E-state index contributed by atoms with van der Waals surface area (Å²) >= 11 is 6.35. The van der Waals surface area contributed by atoms with E-state index in [-0.39, 0.29) is 29.9 Å². The highest BCUT2D eigenvalue weighted by Gasteiger charge is 2.22. The lowest BCUT2D eigenvalue weighted by atomic mass is 9.95. The number of ether oxygens (including phenoxy) is 1. The van der Waals surface area contributed by atoms with Crippen molar-refractivity contribution in [1.82, 2.24) is 20.2 Å². The van der Waals surface area contributed by atoms with E-state index < -0.39 is 12.1 Å². The highest BCUT2D eigenvalue weighted by molar-refractivity contribution is 6.32. The van der Waals surface area contributed by atoms with E-state index in [4.69, 9.17) is 32.8 Å². The SMILES string of the molecule is CC(C)Oc1ccc(C(=O)N[C@H](CNC(=O)[C@@H](C)N)Cc2ccc(-c3cn(CCN)c(C(C)(C)C)n3)cc2)cc1Cl. The van der Waals surface area contributed by atoms with Crippen molar-refractivity contribution < 1.29 is 14.3 Å². The van der Waals surface area contributed by atoms with E-state index in [9.17, 15) is 9.59 Å². The Morgan fingerprint density at radius 2 is 1.78 bits per heavy atom. The number of halogens is 1. The maximum Gasteiger partial charge on any atom is 0.251 e.